The van der Waals surface area contributed by atoms with Crippen molar-refractivity contribution in [2.45, 2.75) is 0 Å². The second kappa shape index (κ2) is 10.8. The molecular weight excluding hydrogens is 621 g/mol. The maximum Gasteiger partial charge on any atom is 0.137 e. The quantitative estimate of drug-likeness (QED) is 0.186. The zero-order valence-corrected chi connectivity index (χ0v) is 27.6. The predicted octanol–water partition coefficient (Wildman–Crippen LogP) is 13.1. The van der Waals surface area contributed by atoms with Gasteiger partial charge in [-0.2, -0.15) is 0 Å². The van der Waals surface area contributed by atoms with Crippen LogP contribution in [0.25, 0.3) is 99.2 Å². The smallest absolute Gasteiger partial charge is 0.137 e. The van der Waals surface area contributed by atoms with Crippen LogP contribution in [0.4, 0.5) is 0 Å². The highest BCUT2D eigenvalue weighted by molar-refractivity contribution is 6.17. The van der Waals surface area contributed by atoms with Gasteiger partial charge in [-0.1, -0.05) is 115 Å². The highest BCUT2D eigenvalue weighted by Gasteiger charge is 2.17. The van der Waals surface area contributed by atoms with Crippen molar-refractivity contribution in [2.24, 2.45) is 0 Å². The molecule has 3 nitrogen and oxygen atoms in total. The lowest BCUT2D eigenvalue weighted by molar-refractivity contribution is 0.669. The molecule has 3 aromatic heterocycles. The SMILES string of the molecule is c1ccc(-c2ccc3c(c2)c2ccccc2n3-c2ccc(-c3ccc(-n4c5ccccc5c5cc6c(cc54)oc4ccccc46)cc3)cc2)cc1. The molecule has 0 saturated carbocycles. The molecule has 238 valence electrons. The summed E-state index contributed by atoms with van der Waals surface area (Å²) in [6.07, 6.45) is 0. The van der Waals surface area contributed by atoms with Crippen molar-refractivity contribution in [1.29, 1.82) is 0 Å². The van der Waals surface area contributed by atoms with Gasteiger partial charge < -0.3 is 13.6 Å². The van der Waals surface area contributed by atoms with Gasteiger partial charge in [-0.25, -0.2) is 0 Å². The third-order valence-electron chi connectivity index (χ3n) is 10.5. The summed E-state index contributed by atoms with van der Waals surface area (Å²) >= 11 is 0. The first kappa shape index (κ1) is 28.0. The van der Waals surface area contributed by atoms with Crippen molar-refractivity contribution in [2.75, 3.05) is 0 Å². The largest absolute Gasteiger partial charge is 0.456 e. The Morgan fingerprint density at radius 2 is 0.765 bits per heavy atom. The topological polar surface area (TPSA) is 23.0 Å². The average Bonchev–Trinajstić information content (AvgIpc) is 3.84. The summed E-state index contributed by atoms with van der Waals surface area (Å²) in [6.45, 7) is 0. The maximum absolute atomic E-state index is 6.32. The fraction of sp³-hybridized carbons (Fsp3) is 0. The Labute approximate surface area is 293 Å². The molecule has 0 N–H and O–H groups in total. The summed E-state index contributed by atoms with van der Waals surface area (Å²) in [5.74, 6) is 0. The molecule has 0 aliphatic heterocycles. The fourth-order valence-electron chi connectivity index (χ4n) is 8.13. The third kappa shape index (κ3) is 4.25. The molecule has 3 heteroatoms. The minimum Gasteiger partial charge on any atom is -0.456 e. The standard InChI is InChI=1S/C48H30N2O/c1-2-10-31(11-3-1)34-22-27-45-40(28-34)37-12-4-7-15-43(37)49(45)35-23-18-32(19-24-35)33-20-25-36(26-21-33)50-44-16-8-5-13-38(44)41-29-42-39-14-6-9-17-47(39)51-48(42)30-46(41)50/h1-30H. The number of hydrogen-bond acceptors (Lipinski definition) is 1. The lowest BCUT2D eigenvalue weighted by atomic mass is 10.0. The molecule has 0 aliphatic carbocycles. The predicted molar refractivity (Wildman–Crippen MR) is 213 cm³/mol. The van der Waals surface area contributed by atoms with Crippen LogP contribution in [-0.2, 0) is 0 Å². The van der Waals surface area contributed by atoms with E-state index in [1.54, 1.807) is 0 Å². The first-order valence-corrected chi connectivity index (χ1v) is 17.4. The number of nitrogens with zero attached hydrogens (tertiary/aromatic N) is 2. The molecule has 0 amide bonds. The third-order valence-corrected chi connectivity index (χ3v) is 10.5. The van der Waals surface area contributed by atoms with E-state index in [9.17, 15) is 0 Å². The lowest BCUT2D eigenvalue weighted by Gasteiger charge is -2.11. The van der Waals surface area contributed by atoms with Crippen LogP contribution < -0.4 is 0 Å². The van der Waals surface area contributed by atoms with Gasteiger partial charge in [0.15, 0.2) is 0 Å². The number of aromatic nitrogens is 2. The van der Waals surface area contributed by atoms with Crippen LogP contribution in [0.3, 0.4) is 0 Å². The molecule has 0 spiro atoms. The first-order chi connectivity index (χ1) is 25.3. The summed E-state index contributed by atoms with van der Waals surface area (Å²) in [7, 11) is 0. The van der Waals surface area contributed by atoms with Crippen LogP contribution in [0.15, 0.2) is 186 Å². The molecule has 0 unspecified atom stereocenters. The highest BCUT2D eigenvalue weighted by atomic mass is 16.3. The van der Waals surface area contributed by atoms with Gasteiger partial charge in [-0.05, 0) is 82.9 Å². The molecule has 0 radical (unpaired) electrons. The zero-order chi connectivity index (χ0) is 33.5. The molecule has 51 heavy (non-hydrogen) atoms. The summed E-state index contributed by atoms with van der Waals surface area (Å²) < 4.78 is 11.1. The van der Waals surface area contributed by atoms with Crippen LogP contribution in [0.5, 0.6) is 0 Å². The number of benzene rings is 8. The van der Waals surface area contributed by atoms with Crippen molar-refractivity contribution in [3.63, 3.8) is 0 Å². The van der Waals surface area contributed by atoms with E-state index in [1.807, 2.05) is 12.1 Å². The van der Waals surface area contributed by atoms with E-state index in [0.29, 0.717) is 0 Å². The number of hydrogen-bond donors (Lipinski definition) is 0. The molecule has 0 atom stereocenters. The van der Waals surface area contributed by atoms with E-state index in [0.717, 1.165) is 38.8 Å². The van der Waals surface area contributed by atoms with Crippen molar-refractivity contribution in [1.82, 2.24) is 9.13 Å². The van der Waals surface area contributed by atoms with Gasteiger partial charge in [0.1, 0.15) is 11.2 Å². The van der Waals surface area contributed by atoms with Gasteiger partial charge in [-0.3, -0.25) is 0 Å². The first-order valence-electron chi connectivity index (χ1n) is 17.4. The lowest BCUT2D eigenvalue weighted by Crippen LogP contribution is -1.94. The van der Waals surface area contributed by atoms with E-state index < -0.39 is 0 Å². The van der Waals surface area contributed by atoms with Gasteiger partial charge in [0.05, 0.1) is 22.1 Å². The molecule has 8 aromatic carbocycles. The number of para-hydroxylation sites is 3. The maximum atomic E-state index is 6.32. The van der Waals surface area contributed by atoms with Gasteiger partial charge in [-0.15, -0.1) is 0 Å². The van der Waals surface area contributed by atoms with Crippen LogP contribution in [0, 0.1) is 0 Å². The van der Waals surface area contributed by atoms with Gasteiger partial charge >= 0.3 is 0 Å². The number of fused-ring (bicyclic) bond motifs is 9. The minimum absolute atomic E-state index is 0.907. The number of furan rings is 1. The van der Waals surface area contributed by atoms with Crippen LogP contribution >= 0.6 is 0 Å². The normalized spacial score (nSPS) is 11.9. The summed E-state index contributed by atoms with van der Waals surface area (Å²) in [5, 5.41) is 7.29. The Morgan fingerprint density at radius 1 is 0.275 bits per heavy atom. The molecular formula is C48H30N2O. The van der Waals surface area contributed by atoms with E-state index in [2.05, 4.69) is 179 Å². The fourth-order valence-corrected chi connectivity index (χ4v) is 8.13. The Hall–Kier alpha value is -6.84. The van der Waals surface area contributed by atoms with Crippen LogP contribution in [0.1, 0.15) is 0 Å². The molecule has 11 aromatic rings. The molecule has 0 aliphatic rings. The van der Waals surface area contributed by atoms with Gasteiger partial charge in [0, 0.05) is 49.8 Å². The molecule has 11 rings (SSSR count). The molecule has 0 saturated heterocycles. The Kier molecular flexibility index (Phi) is 5.96. The Balaban J connectivity index is 0.983. The Morgan fingerprint density at radius 3 is 1.43 bits per heavy atom. The monoisotopic (exact) mass is 650 g/mol. The van der Waals surface area contributed by atoms with Crippen molar-refractivity contribution >= 4 is 65.6 Å². The Bertz CT molecular complexity index is 3100. The average molecular weight is 651 g/mol. The summed E-state index contributed by atoms with van der Waals surface area (Å²) in [5.41, 5.74) is 13.7. The van der Waals surface area contributed by atoms with Crippen molar-refractivity contribution < 1.29 is 4.42 Å². The molecule has 3 heterocycles. The number of rotatable bonds is 4. The van der Waals surface area contributed by atoms with E-state index in [4.69, 9.17) is 4.42 Å². The second-order valence-corrected chi connectivity index (χ2v) is 13.4. The zero-order valence-electron chi connectivity index (χ0n) is 27.6. The van der Waals surface area contributed by atoms with E-state index >= 15 is 0 Å². The minimum atomic E-state index is 0.907. The second-order valence-electron chi connectivity index (χ2n) is 13.4. The highest BCUT2D eigenvalue weighted by Crippen LogP contribution is 2.39. The van der Waals surface area contributed by atoms with E-state index in [1.165, 1.54) is 60.3 Å². The van der Waals surface area contributed by atoms with Crippen LogP contribution in [0.2, 0.25) is 0 Å². The molecule has 0 bridgehead atoms. The molecule has 0 fully saturated rings. The van der Waals surface area contributed by atoms with E-state index in [-0.39, 0.29) is 0 Å². The summed E-state index contributed by atoms with van der Waals surface area (Å²) in [4.78, 5) is 0. The van der Waals surface area contributed by atoms with Crippen molar-refractivity contribution in [3.8, 4) is 33.6 Å². The summed E-state index contributed by atoms with van der Waals surface area (Å²) in [6, 6.07) is 65.5. The van der Waals surface area contributed by atoms with Crippen LogP contribution in [-0.4, -0.2) is 9.13 Å². The van der Waals surface area contributed by atoms with Gasteiger partial charge in [0.2, 0.25) is 0 Å². The van der Waals surface area contributed by atoms with Gasteiger partial charge in [0.25, 0.3) is 0 Å². The van der Waals surface area contributed by atoms with Crippen molar-refractivity contribution in [3.05, 3.63) is 182 Å².